The first kappa shape index (κ1) is 15.0. The van der Waals surface area contributed by atoms with E-state index >= 15 is 0 Å². The van der Waals surface area contributed by atoms with Crippen LogP contribution in [0.1, 0.15) is 47.2 Å². The van der Waals surface area contributed by atoms with Crippen molar-refractivity contribution in [3.63, 3.8) is 0 Å². The van der Waals surface area contributed by atoms with E-state index in [2.05, 4.69) is 43.3 Å². The zero-order chi connectivity index (χ0) is 15.7. The molecule has 0 N–H and O–H groups in total. The molecule has 0 amide bonds. The number of likely N-dealkylation sites (N-methyl/N-ethyl adjacent to an activating group) is 1. The van der Waals surface area contributed by atoms with Crippen LogP contribution in [0, 0.1) is 0 Å². The lowest BCUT2D eigenvalue weighted by Crippen LogP contribution is -2.21. The standard InChI is InChI=1S/C20H23NO/c1-4-7-15-16-8-5-6-9-17(16)18-11-10-14(12-19(15)18)20(22)13-21(2)3/h5-6,8-12,15H,4,7,13H2,1-3H3. The number of Topliss-reactive ketones (excluding diaryl/α,β-unsaturated/α-hetero) is 1. The number of nitrogens with zero attached hydrogens (tertiary/aromatic N) is 1. The predicted molar refractivity (Wildman–Crippen MR) is 91.5 cm³/mol. The molecule has 1 unspecified atom stereocenters. The van der Waals surface area contributed by atoms with Crippen molar-refractivity contribution >= 4 is 5.78 Å². The van der Waals surface area contributed by atoms with Crippen molar-refractivity contribution in [3.05, 3.63) is 59.2 Å². The SMILES string of the molecule is CCCC1c2ccccc2-c2ccc(C(=O)CN(C)C)cc21. The summed E-state index contributed by atoms with van der Waals surface area (Å²) in [6.07, 6.45) is 2.28. The molecule has 1 atom stereocenters. The van der Waals surface area contributed by atoms with Crippen molar-refractivity contribution < 1.29 is 4.79 Å². The minimum Gasteiger partial charge on any atom is -0.302 e. The minimum absolute atomic E-state index is 0.194. The molecule has 2 heteroatoms. The van der Waals surface area contributed by atoms with Crippen molar-refractivity contribution in [2.45, 2.75) is 25.7 Å². The molecule has 2 aromatic carbocycles. The molecule has 2 aromatic rings. The fraction of sp³-hybridized carbons (Fsp3) is 0.350. The summed E-state index contributed by atoms with van der Waals surface area (Å²) < 4.78 is 0. The Labute approximate surface area is 132 Å². The minimum atomic E-state index is 0.194. The molecule has 0 radical (unpaired) electrons. The summed E-state index contributed by atoms with van der Waals surface area (Å²) in [5.41, 5.74) is 6.21. The van der Waals surface area contributed by atoms with Gasteiger partial charge < -0.3 is 4.90 Å². The Morgan fingerprint density at radius 3 is 2.50 bits per heavy atom. The van der Waals surface area contributed by atoms with Crippen LogP contribution in [0.5, 0.6) is 0 Å². The summed E-state index contributed by atoms with van der Waals surface area (Å²) in [5.74, 6) is 0.627. The number of carbonyl (C=O) groups is 1. The van der Waals surface area contributed by atoms with Crippen molar-refractivity contribution in [3.8, 4) is 11.1 Å². The molecule has 0 fully saturated rings. The number of carbonyl (C=O) groups excluding carboxylic acids is 1. The molecule has 0 saturated carbocycles. The highest BCUT2D eigenvalue weighted by atomic mass is 16.1. The molecule has 1 aliphatic rings. The van der Waals surface area contributed by atoms with Gasteiger partial charge in [-0.25, -0.2) is 0 Å². The molecule has 22 heavy (non-hydrogen) atoms. The second-order valence-corrected chi connectivity index (χ2v) is 6.39. The molecule has 2 nitrogen and oxygen atoms in total. The Morgan fingerprint density at radius 2 is 1.77 bits per heavy atom. The van der Waals surface area contributed by atoms with E-state index in [0.717, 1.165) is 18.4 Å². The predicted octanol–water partition coefficient (Wildman–Crippen LogP) is 4.34. The number of rotatable bonds is 5. The number of fused-ring (bicyclic) bond motifs is 3. The van der Waals surface area contributed by atoms with Crippen LogP contribution in [-0.4, -0.2) is 31.3 Å². The first-order chi connectivity index (χ1) is 10.6. The van der Waals surface area contributed by atoms with Crippen molar-refractivity contribution in [2.24, 2.45) is 0 Å². The number of hydrogen-bond donors (Lipinski definition) is 0. The Balaban J connectivity index is 2.04. The lowest BCUT2D eigenvalue weighted by atomic mass is 9.91. The van der Waals surface area contributed by atoms with Gasteiger partial charge in [-0.05, 0) is 48.8 Å². The van der Waals surface area contributed by atoms with Crippen molar-refractivity contribution in [1.82, 2.24) is 4.90 Å². The molecule has 0 aromatic heterocycles. The highest BCUT2D eigenvalue weighted by Gasteiger charge is 2.28. The van der Waals surface area contributed by atoms with E-state index in [-0.39, 0.29) is 5.78 Å². The zero-order valence-corrected chi connectivity index (χ0v) is 13.6. The van der Waals surface area contributed by atoms with Gasteiger partial charge in [0, 0.05) is 11.5 Å². The zero-order valence-electron chi connectivity index (χ0n) is 13.6. The van der Waals surface area contributed by atoms with Gasteiger partial charge in [0.1, 0.15) is 0 Å². The molecule has 0 bridgehead atoms. The summed E-state index contributed by atoms with van der Waals surface area (Å²) in [5, 5.41) is 0. The third kappa shape index (κ3) is 2.59. The molecule has 0 heterocycles. The van der Waals surface area contributed by atoms with Crippen LogP contribution in [0.3, 0.4) is 0 Å². The highest BCUT2D eigenvalue weighted by Crippen LogP contribution is 2.46. The normalized spacial score (nSPS) is 15.7. The topological polar surface area (TPSA) is 20.3 Å². The van der Waals surface area contributed by atoms with Crippen LogP contribution in [0.4, 0.5) is 0 Å². The largest absolute Gasteiger partial charge is 0.302 e. The fourth-order valence-electron chi connectivity index (χ4n) is 3.46. The van der Waals surface area contributed by atoms with Crippen LogP contribution in [-0.2, 0) is 0 Å². The Morgan fingerprint density at radius 1 is 1.05 bits per heavy atom. The lowest BCUT2D eigenvalue weighted by Gasteiger charge is -2.14. The molecule has 3 rings (SSSR count). The Kier molecular flexibility index (Phi) is 4.12. The van der Waals surface area contributed by atoms with E-state index in [1.54, 1.807) is 0 Å². The van der Waals surface area contributed by atoms with Crippen LogP contribution in [0.25, 0.3) is 11.1 Å². The first-order valence-corrected chi connectivity index (χ1v) is 8.03. The summed E-state index contributed by atoms with van der Waals surface area (Å²) in [6.45, 7) is 2.69. The van der Waals surface area contributed by atoms with Gasteiger partial charge in [0.15, 0.2) is 5.78 Å². The lowest BCUT2D eigenvalue weighted by molar-refractivity contribution is 0.0958. The Hall–Kier alpha value is -1.93. The van der Waals surface area contributed by atoms with E-state index in [9.17, 15) is 4.79 Å². The van der Waals surface area contributed by atoms with Crippen LogP contribution in [0.15, 0.2) is 42.5 Å². The quantitative estimate of drug-likeness (QED) is 0.764. The van der Waals surface area contributed by atoms with Gasteiger partial charge in [-0.1, -0.05) is 49.7 Å². The maximum Gasteiger partial charge on any atom is 0.176 e. The first-order valence-electron chi connectivity index (χ1n) is 8.03. The highest BCUT2D eigenvalue weighted by molar-refractivity contribution is 5.99. The van der Waals surface area contributed by atoms with Gasteiger partial charge in [-0.15, -0.1) is 0 Å². The monoisotopic (exact) mass is 293 g/mol. The van der Waals surface area contributed by atoms with Gasteiger partial charge in [0.05, 0.1) is 6.54 Å². The fourth-order valence-corrected chi connectivity index (χ4v) is 3.46. The smallest absolute Gasteiger partial charge is 0.176 e. The third-order valence-corrected chi connectivity index (χ3v) is 4.41. The van der Waals surface area contributed by atoms with Gasteiger partial charge in [0.25, 0.3) is 0 Å². The van der Waals surface area contributed by atoms with E-state index in [0.29, 0.717) is 12.5 Å². The third-order valence-electron chi connectivity index (χ3n) is 4.41. The van der Waals surface area contributed by atoms with Crippen LogP contribution in [0.2, 0.25) is 0 Å². The van der Waals surface area contributed by atoms with Gasteiger partial charge in [0.2, 0.25) is 0 Å². The molecule has 114 valence electrons. The van der Waals surface area contributed by atoms with Gasteiger partial charge in [-0.3, -0.25) is 4.79 Å². The average molecular weight is 293 g/mol. The molecule has 1 aliphatic carbocycles. The van der Waals surface area contributed by atoms with Gasteiger partial charge in [-0.2, -0.15) is 0 Å². The summed E-state index contributed by atoms with van der Waals surface area (Å²) in [7, 11) is 3.86. The number of benzene rings is 2. The average Bonchev–Trinajstić information content (AvgIpc) is 2.81. The van der Waals surface area contributed by atoms with Crippen molar-refractivity contribution in [2.75, 3.05) is 20.6 Å². The van der Waals surface area contributed by atoms with Crippen molar-refractivity contribution in [1.29, 1.82) is 0 Å². The summed E-state index contributed by atoms with van der Waals surface area (Å²) in [4.78, 5) is 14.3. The Bertz CT molecular complexity index is 703. The van der Waals surface area contributed by atoms with Crippen LogP contribution >= 0.6 is 0 Å². The molecular weight excluding hydrogens is 270 g/mol. The summed E-state index contributed by atoms with van der Waals surface area (Å²) in [6, 6.07) is 14.9. The maximum atomic E-state index is 12.4. The number of hydrogen-bond acceptors (Lipinski definition) is 2. The summed E-state index contributed by atoms with van der Waals surface area (Å²) >= 11 is 0. The second kappa shape index (κ2) is 6.05. The maximum absolute atomic E-state index is 12.4. The van der Waals surface area contributed by atoms with E-state index in [1.165, 1.54) is 22.3 Å². The van der Waals surface area contributed by atoms with Gasteiger partial charge >= 0.3 is 0 Å². The number of ketones is 1. The van der Waals surface area contributed by atoms with E-state index in [1.807, 2.05) is 25.1 Å². The molecular formula is C20H23NO. The van der Waals surface area contributed by atoms with E-state index in [4.69, 9.17) is 0 Å². The second-order valence-electron chi connectivity index (χ2n) is 6.39. The molecule has 0 saturated heterocycles. The molecule has 0 spiro atoms. The van der Waals surface area contributed by atoms with E-state index < -0.39 is 0 Å². The molecule has 0 aliphatic heterocycles. The van der Waals surface area contributed by atoms with Crippen LogP contribution < -0.4 is 0 Å².